The Morgan fingerprint density at radius 1 is 1.12 bits per heavy atom. The summed E-state index contributed by atoms with van der Waals surface area (Å²) in [5, 5.41) is 22.9. The van der Waals surface area contributed by atoms with Crippen molar-refractivity contribution in [2.75, 3.05) is 37.6 Å². The van der Waals surface area contributed by atoms with Crippen LogP contribution in [0.2, 0.25) is 0 Å². The minimum atomic E-state index is -1.38. The Balaban J connectivity index is 1.17. The summed E-state index contributed by atoms with van der Waals surface area (Å²) in [7, 11) is 0. The molecule has 180 valence electrons. The van der Waals surface area contributed by atoms with E-state index in [1.807, 2.05) is 17.0 Å². The van der Waals surface area contributed by atoms with Crippen molar-refractivity contribution in [3.8, 4) is 6.07 Å². The summed E-state index contributed by atoms with van der Waals surface area (Å²) in [5.41, 5.74) is 0.701. The van der Waals surface area contributed by atoms with Gasteiger partial charge < -0.3 is 15.3 Å². The molecule has 1 amide bonds. The van der Waals surface area contributed by atoms with E-state index in [1.165, 1.54) is 17.7 Å². The van der Waals surface area contributed by atoms with Gasteiger partial charge in [-0.3, -0.25) is 9.69 Å². The number of nitrogens with one attached hydrogen (secondary N) is 1. The first kappa shape index (κ1) is 24.2. The minimum Gasteiger partial charge on any atom is -0.380 e. The predicted octanol–water partition coefficient (Wildman–Crippen LogP) is 3.45. The number of amides is 1. The predicted molar refractivity (Wildman–Crippen MR) is 130 cm³/mol. The van der Waals surface area contributed by atoms with Gasteiger partial charge in [-0.2, -0.15) is 5.26 Å². The summed E-state index contributed by atoms with van der Waals surface area (Å²) in [5.74, 6) is -0.247. The summed E-state index contributed by atoms with van der Waals surface area (Å²) in [6, 6.07) is 16.8. The van der Waals surface area contributed by atoms with Crippen molar-refractivity contribution in [2.45, 2.75) is 44.2 Å². The van der Waals surface area contributed by atoms with Gasteiger partial charge in [0.1, 0.15) is 17.5 Å². The second-order valence-corrected chi connectivity index (χ2v) is 9.54. The molecule has 0 aromatic heterocycles. The molecule has 7 heteroatoms. The van der Waals surface area contributed by atoms with Crippen LogP contribution in [0.3, 0.4) is 0 Å². The van der Waals surface area contributed by atoms with Crippen LogP contribution in [0.1, 0.15) is 43.2 Å². The molecular weight excluding hydrogens is 431 g/mol. The highest BCUT2D eigenvalue weighted by atomic mass is 19.1. The molecule has 2 aromatic rings. The van der Waals surface area contributed by atoms with Gasteiger partial charge in [-0.05, 0) is 62.0 Å². The normalized spacial score (nSPS) is 18.9. The molecule has 4 rings (SSSR count). The average Bonchev–Trinajstić information content (AvgIpc) is 2.86. The minimum absolute atomic E-state index is 0.00183. The van der Waals surface area contributed by atoms with Gasteiger partial charge in [-0.15, -0.1) is 0 Å². The Bertz CT molecular complexity index is 1010. The number of carbonyl (C=O) groups excluding carboxylic acids is 1. The monoisotopic (exact) mass is 464 g/mol. The molecule has 2 N–H and O–H groups in total. The maximum Gasteiger partial charge on any atom is 0.252 e. The first-order valence-corrected chi connectivity index (χ1v) is 12.2. The van der Waals surface area contributed by atoms with Crippen LogP contribution in [0.5, 0.6) is 0 Å². The number of hydrogen-bond donors (Lipinski definition) is 2. The first-order chi connectivity index (χ1) is 16.5. The van der Waals surface area contributed by atoms with Gasteiger partial charge in [0.05, 0.1) is 5.56 Å². The van der Waals surface area contributed by atoms with Crippen molar-refractivity contribution in [1.82, 2.24) is 10.2 Å². The van der Waals surface area contributed by atoms with Crippen molar-refractivity contribution in [1.29, 1.82) is 5.26 Å². The fourth-order valence-corrected chi connectivity index (χ4v) is 4.99. The number of likely N-dealkylation sites (tertiary alicyclic amines) is 1. The highest BCUT2D eigenvalue weighted by Crippen LogP contribution is 2.28. The van der Waals surface area contributed by atoms with E-state index < -0.39 is 11.4 Å². The molecule has 34 heavy (non-hydrogen) atoms. The molecule has 2 heterocycles. The van der Waals surface area contributed by atoms with E-state index in [0.29, 0.717) is 38.4 Å². The lowest BCUT2D eigenvalue weighted by molar-refractivity contribution is -0.141. The van der Waals surface area contributed by atoms with Gasteiger partial charge in [0.2, 0.25) is 0 Å². The number of carbonyl (C=O) groups is 1. The topological polar surface area (TPSA) is 79.6 Å². The molecule has 0 bridgehead atoms. The zero-order valence-electron chi connectivity index (χ0n) is 19.5. The van der Waals surface area contributed by atoms with Gasteiger partial charge in [0.25, 0.3) is 5.91 Å². The summed E-state index contributed by atoms with van der Waals surface area (Å²) in [4.78, 5) is 17.2. The number of piperidine rings is 2. The molecule has 0 atom stereocenters. The number of aliphatic hydroxyl groups is 1. The van der Waals surface area contributed by atoms with Crippen LogP contribution in [0, 0.1) is 23.1 Å². The van der Waals surface area contributed by atoms with Crippen molar-refractivity contribution >= 4 is 11.6 Å². The van der Waals surface area contributed by atoms with Crippen LogP contribution >= 0.6 is 0 Å². The number of halogens is 1. The maximum absolute atomic E-state index is 13.6. The lowest BCUT2D eigenvalue weighted by Crippen LogP contribution is -2.54. The number of anilines is 1. The second-order valence-electron chi connectivity index (χ2n) is 9.54. The van der Waals surface area contributed by atoms with Crippen molar-refractivity contribution in [3.63, 3.8) is 0 Å². The standard InChI is InChI=1S/C27H33FN4O2/c28-25-7-6-24(18-23(25)19-29)32-16-11-27(34,12-17-32)26(33)30-13-8-21-9-14-31(15-10-21)20-22-4-2-1-3-5-22/h1-7,18,21,34H,8-17,20H2,(H,30,33). The molecule has 0 saturated carbocycles. The fourth-order valence-electron chi connectivity index (χ4n) is 4.99. The Labute approximate surface area is 201 Å². The lowest BCUT2D eigenvalue weighted by Gasteiger charge is -2.38. The highest BCUT2D eigenvalue weighted by Gasteiger charge is 2.39. The zero-order chi connectivity index (χ0) is 24.0. The Morgan fingerprint density at radius 3 is 2.50 bits per heavy atom. The fraction of sp³-hybridized carbons (Fsp3) is 0.481. The smallest absolute Gasteiger partial charge is 0.252 e. The Morgan fingerprint density at radius 2 is 1.82 bits per heavy atom. The van der Waals surface area contributed by atoms with Crippen LogP contribution in [-0.2, 0) is 11.3 Å². The van der Waals surface area contributed by atoms with E-state index in [4.69, 9.17) is 5.26 Å². The van der Waals surface area contributed by atoms with E-state index in [9.17, 15) is 14.3 Å². The van der Waals surface area contributed by atoms with Crippen molar-refractivity contribution in [3.05, 3.63) is 65.5 Å². The maximum atomic E-state index is 13.6. The lowest BCUT2D eigenvalue weighted by atomic mass is 9.89. The van der Waals surface area contributed by atoms with Gasteiger partial charge >= 0.3 is 0 Å². The van der Waals surface area contributed by atoms with Crippen LogP contribution in [-0.4, -0.2) is 54.2 Å². The zero-order valence-corrected chi connectivity index (χ0v) is 19.5. The molecule has 0 radical (unpaired) electrons. The summed E-state index contributed by atoms with van der Waals surface area (Å²) in [6.07, 6.45) is 3.79. The molecule has 2 fully saturated rings. The third-order valence-corrected chi connectivity index (χ3v) is 7.24. The Hall–Kier alpha value is -2.95. The quantitative estimate of drug-likeness (QED) is 0.656. The summed E-state index contributed by atoms with van der Waals surface area (Å²) < 4.78 is 13.6. The molecule has 0 aliphatic carbocycles. The Kier molecular flexibility index (Phi) is 7.81. The number of hydrogen-bond acceptors (Lipinski definition) is 5. The van der Waals surface area contributed by atoms with Crippen LogP contribution in [0.4, 0.5) is 10.1 Å². The first-order valence-electron chi connectivity index (χ1n) is 12.2. The van der Waals surface area contributed by atoms with Gasteiger partial charge in [0, 0.05) is 44.7 Å². The van der Waals surface area contributed by atoms with Crippen LogP contribution in [0.25, 0.3) is 0 Å². The molecule has 6 nitrogen and oxygen atoms in total. The average molecular weight is 465 g/mol. The second kappa shape index (κ2) is 11.0. The van der Waals surface area contributed by atoms with Gasteiger partial charge in [0.15, 0.2) is 0 Å². The van der Waals surface area contributed by atoms with E-state index in [0.717, 1.165) is 44.6 Å². The summed E-state index contributed by atoms with van der Waals surface area (Å²) in [6.45, 7) is 4.66. The largest absolute Gasteiger partial charge is 0.380 e. The van der Waals surface area contributed by atoms with Crippen LogP contribution < -0.4 is 10.2 Å². The molecular formula is C27H33FN4O2. The molecule has 0 spiro atoms. The number of nitrogens with zero attached hydrogens (tertiary/aromatic N) is 3. The van der Waals surface area contributed by atoms with E-state index in [-0.39, 0.29) is 11.5 Å². The number of benzene rings is 2. The van der Waals surface area contributed by atoms with Gasteiger partial charge in [-0.1, -0.05) is 30.3 Å². The van der Waals surface area contributed by atoms with Crippen LogP contribution in [0.15, 0.2) is 48.5 Å². The van der Waals surface area contributed by atoms with E-state index >= 15 is 0 Å². The molecule has 2 aliphatic heterocycles. The third kappa shape index (κ3) is 5.94. The molecule has 2 saturated heterocycles. The van der Waals surface area contributed by atoms with E-state index in [2.05, 4.69) is 34.5 Å². The highest BCUT2D eigenvalue weighted by molar-refractivity contribution is 5.85. The third-order valence-electron chi connectivity index (χ3n) is 7.24. The SMILES string of the molecule is N#Cc1cc(N2CCC(O)(C(=O)NCCC3CCN(Cc4ccccc4)CC3)CC2)ccc1F. The van der Waals surface area contributed by atoms with Crippen molar-refractivity contribution in [2.24, 2.45) is 5.92 Å². The molecule has 0 unspecified atom stereocenters. The van der Waals surface area contributed by atoms with E-state index in [1.54, 1.807) is 6.07 Å². The molecule has 2 aromatic carbocycles. The van der Waals surface area contributed by atoms with Gasteiger partial charge in [-0.25, -0.2) is 4.39 Å². The molecule has 2 aliphatic rings. The number of rotatable bonds is 7. The summed E-state index contributed by atoms with van der Waals surface area (Å²) >= 11 is 0. The van der Waals surface area contributed by atoms with Crippen molar-refractivity contribution < 1.29 is 14.3 Å². The number of nitriles is 1.